The van der Waals surface area contributed by atoms with Crippen LogP contribution in [0.4, 0.5) is 10.6 Å². The number of amides is 1. The van der Waals surface area contributed by atoms with Crippen LogP contribution in [0, 0.1) is 0 Å². The number of nitrogens with one attached hydrogen (secondary N) is 1. The molecule has 0 bridgehead atoms. The Balaban J connectivity index is 1.46. The summed E-state index contributed by atoms with van der Waals surface area (Å²) in [6.07, 6.45) is 7.39. The zero-order valence-electron chi connectivity index (χ0n) is 18.3. The molecular weight excluding hydrogens is 396 g/mol. The van der Waals surface area contributed by atoms with Gasteiger partial charge in [-0.1, -0.05) is 0 Å². The van der Waals surface area contributed by atoms with E-state index in [0.717, 1.165) is 24.0 Å². The predicted molar refractivity (Wildman–Crippen MR) is 117 cm³/mol. The van der Waals surface area contributed by atoms with Gasteiger partial charge in [-0.3, -0.25) is 0 Å². The van der Waals surface area contributed by atoms with Gasteiger partial charge in [0.2, 0.25) is 5.88 Å². The van der Waals surface area contributed by atoms with Gasteiger partial charge in [0.25, 0.3) is 0 Å². The van der Waals surface area contributed by atoms with Gasteiger partial charge < -0.3 is 19.7 Å². The smallest absolute Gasteiger partial charge is 0.410 e. The van der Waals surface area contributed by atoms with E-state index < -0.39 is 5.60 Å². The van der Waals surface area contributed by atoms with Crippen LogP contribution < -0.4 is 10.1 Å². The van der Waals surface area contributed by atoms with Crippen LogP contribution in [0.2, 0.25) is 0 Å². The number of carbonyl (C=O) groups excluding carboxylic acids is 1. The molecule has 0 aliphatic heterocycles. The number of hydrogen-bond donors (Lipinski definition) is 1. The molecule has 1 aliphatic carbocycles. The highest BCUT2D eigenvalue weighted by molar-refractivity contribution is 5.80. The van der Waals surface area contributed by atoms with Gasteiger partial charge in [0.15, 0.2) is 5.65 Å². The van der Waals surface area contributed by atoms with Gasteiger partial charge in [0, 0.05) is 38.1 Å². The van der Waals surface area contributed by atoms with Crippen LogP contribution >= 0.6 is 0 Å². The molecule has 3 heterocycles. The van der Waals surface area contributed by atoms with Gasteiger partial charge in [-0.15, -0.1) is 0 Å². The minimum atomic E-state index is -0.516. The molecule has 0 saturated heterocycles. The summed E-state index contributed by atoms with van der Waals surface area (Å²) in [6, 6.07) is 5.70. The molecular formula is C22H28N6O3. The van der Waals surface area contributed by atoms with E-state index >= 15 is 0 Å². The number of rotatable bonds is 7. The fourth-order valence-corrected chi connectivity index (χ4v) is 2.97. The first kappa shape index (κ1) is 20.9. The molecule has 9 heteroatoms. The van der Waals surface area contributed by atoms with Gasteiger partial charge in [-0.05, 0) is 51.8 Å². The van der Waals surface area contributed by atoms with E-state index in [1.54, 1.807) is 24.0 Å². The summed E-state index contributed by atoms with van der Waals surface area (Å²) in [7, 11) is 1.71. The van der Waals surface area contributed by atoms with Crippen LogP contribution in [0.3, 0.4) is 0 Å². The Morgan fingerprint density at radius 1 is 1.29 bits per heavy atom. The number of anilines is 1. The van der Waals surface area contributed by atoms with Gasteiger partial charge in [0.05, 0.1) is 11.8 Å². The van der Waals surface area contributed by atoms with E-state index in [1.807, 2.05) is 45.2 Å². The Hall–Kier alpha value is -3.36. The molecule has 0 spiro atoms. The maximum Gasteiger partial charge on any atom is 0.410 e. The first-order chi connectivity index (χ1) is 14.8. The molecule has 1 aliphatic rings. The Morgan fingerprint density at radius 3 is 2.84 bits per heavy atom. The molecule has 0 atom stereocenters. The van der Waals surface area contributed by atoms with Crippen molar-refractivity contribution in [2.24, 2.45) is 0 Å². The molecule has 4 rings (SSSR count). The molecule has 0 unspecified atom stereocenters. The van der Waals surface area contributed by atoms with Crippen LogP contribution in [0.15, 0.2) is 36.8 Å². The molecule has 1 amide bonds. The predicted octanol–water partition coefficient (Wildman–Crippen LogP) is 3.61. The van der Waals surface area contributed by atoms with Crippen LogP contribution in [0.25, 0.3) is 16.8 Å². The average Bonchev–Trinajstić information content (AvgIpc) is 3.43. The Labute approximate surface area is 181 Å². The summed E-state index contributed by atoms with van der Waals surface area (Å²) in [5.74, 6) is 1.31. The number of hydrogen-bond acceptors (Lipinski definition) is 7. The number of likely N-dealkylation sites (N-methyl/N-ethyl adjacent to an activating group) is 1. The lowest BCUT2D eigenvalue weighted by molar-refractivity contribution is 0.0305. The Bertz CT molecular complexity index is 1070. The second-order valence-corrected chi connectivity index (χ2v) is 8.64. The lowest BCUT2D eigenvalue weighted by Crippen LogP contribution is -2.36. The summed E-state index contributed by atoms with van der Waals surface area (Å²) >= 11 is 0. The number of ether oxygens (including phenoxy) is 2. The summed E-state index contributed by atoms with van der Waals surface area (Å²) in [4.78, 5) is 22.7. The molecule has 1 fully saturated rings. The third-order valence-electron chi connectivity index (χ3n) is 4.69. The normalized spacial score (nSPS) is 13.8. The maximum atomic E-state index is 12.1. The monoisotopic (exact) mass is 424 g/mol. The highest BCUT2D eigenvalue weighted by Gasteiger charge is 2.26. The zero-order valence-corrected chi connectivity index (χ0v) is 18.3. The third-order valence-corrected chi connectivity index (χ3v) is 4.69. The standard InChI is InChI=1S/C22H28N6O3/c1-22(2,3)31-21(29)27(4)13-11-23-18-9-12-28-19(26-18)17(14-25-28)16-6-5-10-24-20(16)30-15-7-8-15/h5-6,9-10,12,14-15H,7-8,11,13H2,1-4H3,(H,23,26). The average molecular weight is 425 g/mol. The fraction of sp³-hybridized carbons (Fsp3) is 0.455. The van der Waals surface area contributed by atoms with Crippen LogP contribution in [0.1, 0.15) is 33.6 Å². The van der Waals surface area contributed by atoms with Gasteiger partial charge in [0.1, 0.15) is 17.5 Å². The van der Waals surface area contributed by atoms with Crippen molar-refractivity contribution in [2.75, 3.05) is 25.5 Å². The molecule has 31 heavy (non-hydrogen) atoms. The van der Waals surface area contributed by atoms with E-state index in [1.165, 1.54) is 4.90 Å². The summed E-state index contributed by atoms with van der Waals surface area (Å²) in [5, 5.41) is 7.67. The Kier molecular flexibility index (Phi) is 5.67. The second-order valence-electron chi connectivity index (χ2n) is 8.64. The summed E-state index contributed by atoms with van der Waals surface area (Å²) < 4.78 is 13.1. The van der Waals surface area contributed by atoms with Crippen molar-refractivity contribution < 1.29 is 14.3 Å². The highest BCUT2D eigenvalue weighted by Crippen LogP contribution is 2.34. The van der Waals surface area contributed by atoms with Gasteiger partial charge in [-0.2, -0.15) is 5.10 Å². The fourth-order valence-electron chi connectivity index (χ4n) is 2.97. The molecule has 9 nitrogen and oxygen atoms in total. The number of aromatic nitrogens is 4. The van der Waals surface area contributed by atoms with E-state index in [-0.39, 0.29) is 12.2 Å². The van der Waals surface area contributed by atoms with Crippen molar-refractivity contribution in [1.29, 1.82) is 0 Å². The van der Waals surface area contributed by atoms with E-state index in [0.29, 0.717) is 30.4 Å². The molecule has 3 aromatic heterocycles. The Morgan fingerprint density at radius 2 is 2.10 bits per heavy atom. The molecule has 164 valence electrons. The third kappa shape index (κ3) is 5.22. The first-order valence-corrected chi connectivity index (χ1v) is 10.4. The molecule has 0 aromatic carbocycles. The highest BCUT2D eigenvalue weighted by atomic mass is 16.6. The number of nitrogens with zero attached hydrogens (tertiary/aromatic N) is 5. The first-order valence-electron chi connectivity index (χ1n) is 10.4. The molecule has 1 saturated carbocycles. The SMILES string of the molecule is CN(CCNc1ccn2ncc(-c3cccnc3OC3CC3)c2n1)C(=O)OC(C)(C)C. The van der Waals surface area contributed by atoms with E-state index in [9.17, 15) is 4.79 Å². The number of carbonyl (C=O) groups is 1. The molecule has 0 radical (unpaired) electrons. The topological polar surface area (TPSA) is 93.9 Å². The van der Waals surface area contributed by atoms with Crippen molar-refractivity contribution in [1.82, 2.24) is 24.5 Å². The minimum absolute atomic E-state index is 0.252. The van der Waals surface area contributed by atoms with Crippen LogP contribution in [0.5, 0.6) is 5.88 Å². The summed E-state index contributed by atoms with van der Waals surface area (Å²) in [5.41, 5.74) is 1.93. The second kappa shape index (κ2) is 8.41. The van der Waals surface area contributed by atoms with Crippen LogP contribution in [-0.4, -0.2) is 62.4 Å². The van der Waals surface area contributed by atoms with Gasteiger partial charge in [-0.25, -0.2) is 19.3 Å². The quantitative estimate of drug-likeness (QED) is 0.619. The van der Waals surface area contributed by atoms with Crippen molar-refractivity contribution in [3.05, 3.63) is 36.8 Å². The molecule has 1 N–H and O–H groups in total. The van der Waals surface area contributed by atoms with Crippen molar-refractivity contribution >= 4 is 17.6 Å². The number of fused-ring (bicyclic) bond motifs is 1. The van der Waals surface area contributed by atoms with Crippen LogP contribution in [-0.2, 0) is 4.74 Å². The van der Waals surface area contributed by atoms with Crippen molar-refractivity contribution in [3.8, 4) is 17.0 Å². The summed E-state index contributed by atoms with van der Waals surface area (Å²) in [6.45, 7) is 6.56. The van der Waals surface area contributed by atoms with Crippen molar-refractivity contribution in [3.63, 3.8) is 0 Å². The van der Waals surface area contributed by atoms with E-state index in [4.69, 9.17) is 14.5 Å². The lowest BCUT2D eigenvalue weighted by Gasteiger charge is -2.24. The van der Waals surface area contributed by atoms with Gasteiger partial charge >= 0.3 is 6.09 Å². The molecule has 3 aromatic rings. The van der Waals surface area contributed by atoms with Crippen molar-refractivity contribution in [2.45, 2.75) is 45.3 Å². The minimum Gasteiger partial charge on any atom is -0.474 e. The zero-order chi connectivity index (χ0) is 22.0. The van der Waals surface area contributed by atoms with E-state index in [2.05, 4.69) is 15.4 Å². The maximum absolute atomic E-state index is 12.1. The number of pyridine rings is 1. The lowest BCUT2D eigenvalue weighted by atomic mass is 10.1. The largest absolute Gasteiger partial charge is 0.474 e.